The molecule has 0 saturated heterocycles. The number of hydrogen-bond acceptors (Lipinski definition) is 4. The molecular weight excluding hydrogens is 292 g/mol. The average Bonchev–Trinajstić information content (AvgIpc) is 3.21. The first-order chi connectivity index (χ1) is 11.1. The Morgan fingerprint density at radius 1 is 1.26 bits per heavy atom. The highest BCUT2D eigenvalue weighted by Gasteiger charge is 2.18. The van der Waals surface area contributed by atoms with Gasteiger partial charge in [-0.3, -0.25) is 9.69 Å². The van der Waals surface area contributed by atoms with Crippen LogP contribution < -0.4 is 5.32 Å². The second kappa shape index (κ2) is 6.71. The molecule has 120 valence electrons. The molecule has 2 aromatic heterocycles. The number of rotatable bonds is 6. The normalized spacial score (nSPS) is 12.7. The molecule has 2 heterocycles. The van der Waals surface area contributed by atoms with E-state index in [0.29, 0.717) is 13.1 Å². The van der Waals surface area contributed by atoms with E-state index in [1.54, 1.807) is 12.3 Å². The lowest BCUT2D eigenvalue weighted by Gasteiger charge is -2.22. The minimum Gasteiger partial charge on any atom is -0.467 e. The van der Waals surface area contributed by atoms with Crippen molar-refractivity contribution in [2.75, 3.05) is 13.6 Å². The summed E-state index contributed by atoms with van der Waals surface area (Å²) < 4.78 is 11.1. The van der Waals surface area contributed by atoms with Crippen LogP contribution in [0.2, 0.25) is 0 Å². The summed E-state index contributed by atoms with van der Waals surface area (Å²) in [5.41, 5.74) is 0.866. The van der Waals surface area contributed by atoms with E-state index in [-0.39, 0.29) is 11.9 Å². The number of para-hydroxylation sites is 1. The van der Waals surface area contributed by atoms with Gasteiger partial charge in [0.15, 0.2) is 0 Å². The molecule has 0 aliphatic heterocycles. The Hall–Kier alpha value is -2.53. The van der Waals surface area contributed by atoms with Gasteiger partial charge in [0.1, 0.15) is 17.1 Å². The average molecular weight is 312 g/mol. The molecule has 0 radical (unpaired) electrons. The molecule has 3 aromatic rings. The van der Waals surface area contributed by atoms with Gasteiger partial charge in [-0.15, -0.1) is 0 Å². The predicted molar refractivity (Wildman–Crippen MR) is 87.8 cm³/mol. The van der Waals surface area contributed by atoms with Crippen molar-refractivity contribution in [2.24, 2.45) is 0 Å². The molecule has 1 N–H and O–H groups in total. The van der Waals surface area contributed by atoms with Gasteiger partial charge < -0.3 is 14.2 Å². The Kier molecular flexibility index (Phi) is 4.48. The molecule has 0 saturated carbocycles. The third-order valence-electron chi connectivity index (χ3n) is 3.95. The highest BCUT2D eigenvalue weighted by molar-refractivity contribution is 5.78. The highest BCUT2D eigenvalue weighted by Crippen LogP contribution is 2.26. The van der Waals surface area contributed by atoms with E-state index in [1.165, 1.54) is 0 Å². The van der Waals surface area contributed by atoms with Gasteiger partial charge in [0.25, 0.3) is 0 Å². The Morgan fingerprint density at radius 2 is 2.09 bits per heavy atom. The maximum Gasteiger partial charge on any atom is 0.234 e. The number of likely N-dealkylation sites (N-methyl/N-ethyl adjacent to an activating group) is 1. The van der Waals surface area contributed by atoms with Gasteiger partial charge in [0, 0.05) is 5.39 Å². The lowest BCUT2D eigenvalue weighted by molar-refractivity contribution is -0.122. The van der Waals surface area contributed by atoms with Gasteiger partial charge >= 0.3 is 0 Å². The number of carbonyl (C=O) groups is 1. The third-order valence-corrected chi connectivity index (χ3v) is 3.95. The molecule has 0 spiro atoms. The van der Waals surface area contributed by atoms with Crippen molar-refractivity contribution in [2.45, 2.75) is 19.5 Å². The van der Waals surface area contributed by atoms with E-state index in [9.17, 15) is 4.79 Å². The highest BCUT2D eigenvalue weighted by atomic mass is 16.3. The molecule has 1 amide bonds. The number of hydrogen-bond donors (Lipinski definition) is 1. The number of fused-ring (bicyclic) bond motifs is 1. The summed E-state index contributed by atoms with van der Waals surface area (Å²) in [5.74, 6) is 1.55. The fraction of sp³-hybridized carbons (Fsp3) is 0.278. The Bertz CT molecular complexity index is 744. The van der Waals surface area contributed by atoms with Crippen LogP contribution in [0.5, 0.6) is 0 Å². The number of nitrogens with one attached hydrogen (secondary N) is 1. The Balaban J connectivity index is 1.58. The van der Waals surface area contributed by atoms with Crippen molar-refractivity contribution in [3.63, 3.8) is 0 Å². The van der Waals surface area contributed by atoms with Crippen molar-refractivity contribution in [3.8, 4) is 0 Å². The van der Waals surface area contributed by atoms with Crippen LogP contribution in [0.4, 0.5) is 0 Å². The molecule has 1 aromatic carbocycles. The van der Waals surface area contributed by atoms with Crippen molar-refractivity contribution in [1.29, 1.82) is 0 Å². The summed E-state index contributed by atoms with van der Waals surface area (Å²) in [6.45, 7) is 2.72. The lowest BCUT2D eigenvalue weighted by atomic mass is 10.2. The Morgan fingerprint density at radius 3 is 2.83 bits per heavy atom. The number of amides is 1. The van der Waals surface area contributed by atoms with Crippen LogP contribution in [-0.4, -0.2) is 24.4 Å². The monoisotopic (exact) mass is 312 g/mol. The van der Waals surface area contributed by atoms with E-state index in [2.05, 4.69) is 5.32 Å². The van der Waals surface area contributed by atoms with Gasteiger partial charge in [-0.2, -0.15) is 0 Å². The minimum atomic E-state index is -0.0492. The van der Waals surface area contributed by atoms with E-state index in [4.69, 9.17) is 8.83 Å². The molecule has 0 fully saturated rings. The molecule has 5 nitrogen and oxygen atoms in total. The van der Waals surface area contributed by atoms with Gasteiger partial charge in [-0.1, -0.05) is 18.2 Å². The first kappa shape index (κ1) is 15.4. The largest absolute Gasteiger partial charge is 0.467 e. The zero-order valence-electron chi connectivity index (χ0n) is 13.3. The lowest BCUT2D eigenvalue weighted by Crippen LogP contribution is -2.35. The van der Waals surface area contributed by atoms with E-state index in [0.717, 1.165) is 22.5 Å². The van der Waals surface area contributed by atoms with Crippen molar-refractivity contribution >= 4 is 16.9 Å². The van der Waals surface area contributed by atoms with Gasteiger partial charge in [0.2, 0.25) is 5.91 Å². The van der Waals surface area contributed by atoms with Crippen LogP contribution in [0, 0.1) is 0 Å². The second-order valence-electron chi connectivity index (χ2n) is 5.63. The maximum atomic E-state index is 12.0. The summed E-state index contributed by atoms with van der Waals surface area (Å²) >= 11 is 0. The zero-order valence-corrected chi connectivity index (χ0v) is 13.3. The minimum absolute atomic E-state index is 0.0109. The summed E-state index contributed by atoms with van der Waals surface area (Å²) in [5, 5.41) is 3.92. The van der Waals surface area contributed by atoms with Gasteiger partial charge in [-0.25, -0.2) is 0 Å². The number of carbonyl (C=O) groups excluding carboxylic acids is 1. The molecular formula is C18H20N2O3. The number of furan rings is 2. The van der Waals surface area contributed by atoms with Gasteiger partial charge in [0.05, 0.1) is 25.4 Å². The van der Waals surface area contributed by atoms with Crippen LogP contribution in [0.15, 0.2) is 57.6 Å². The molecule has 1 atom stereocenters. The topological polar surface area (TPSA) is 58.6 Å². The van der Waals surface area contributed by atoms with E-state index >= 15 is 0 Å². The fourth-order valence-electron chi connectivity index (χ4n) is 2.44. The summed E-state index contributed by atoms with van der Waals surface area (Å²) in [7, 11) is 1.91. The van der Waals surface area contributed by atoms with Crippen molar-refractivity contribution in [1.82, 2.24) is 10.2 Å². The predicted octanol–water partition coefficient (Wildman–Crippen LogP) is 3.34. The second-order valence-corrected chi connectivity index (χ2v) is 5.63. The molecule has 3 rings (SSSR count). The molecule has 0 bridgehead atoms. The van der Waals surface area contributed by atoms with Crippen LogP contribution in [0.25, 0.3) is 11.0 Å². The van der Waals surface area contributed by atoms with Crippen LogP contribution >= 0.6 is 0 Å². The smallest absolute Gasteiger partial charge is 0.234 e. The first-order valence-electron chi connectivity index (χ1n) is 7.61. The van der Waals surface area contributed by atoms with Crippen molar-refractivity contribution in [3.05, 3.63) is 60.2 Å². The summed E-state index contributed by atoms with van der Waals surface area (Å²) in [4.78, 5) is 14.0. The Labute approximate surface area is 134 Å². The first-order valence-corrected chi connectivity index (χ1v) is 7.61. The van der Waals surface area contributed by atoms with E-state index in [1.807, 2.05) is 55.3 Å². The third kappa shape index (κ3) is 3.63. The van der Waals surface area contributed by atoms with Gasteiger partial charge in [-0.05, 0) is 38.2 Å². The van der Waals surface area contributed by atoms with Crippen molar-refractivity contribution < 1.29 is 13.6 Å². The zero-order chi connectivity index (χ0) is 16.2. The molecule has 0 unspecified atom stereocenters. The molecule has 0 aliphatic carbocycles. The number of nitrogens with zero attached hydrogens (tertiary/aromatic N) is 1. The van der Waals surface area contributed by atoms with E-state index < -0.39 is 0 Å². The SMILES string of the molecule is C[C@H](c1cc2ccccc2o1)N(C)CC(=O)NCc1ccco1. The quantitative estimate of drug-likeness (QED) is 0.758. The molecule has 0 aliphatic rings. The van der Waals surface area contributed by atoms with Crippen LogP contribution in [-0.2, 0) is 11.3 Å². The molecule has 5 heteroatoms. The molecule has 23 heavy (non-hydrogen) atoms. The van der Waals surface area contributed by atoms with Crippen LogP contribution in [0.1, 0.15) is 24.5 Å². The summed E-state index contributed by atoms with van der Waals surface area (Å²) in [6, 6.07) is 13.6. The maximum absolute atomic E-state index is 12.0. The standard InChI is InChI=1S/C18H20N2O3/c1-13(17-10-14-6-3-4-8-16(14)23-17)20(2)12-18(21)19-11-15-7-5-9-22-15/h3-10,13H,11-12H2,1-2H3,(H,19,21)/t13-/m1/s1. The summed E-state index contributed by atoms with van der Waals surface area (Å²) in [6.07, 6.45) is 1.59. The number of benzene rings is 1. The fourth-order valence-corrected chi connectivity index (χ4v) is 2.44. The van der Waals surface area contributed by atoms with Crippen LogP contribution in [0.3, 0.4) is 0 Å².